The Morgan fingerprint density at radius 1 is 1.30 bits per heavy atom. The number of amides is 1. The quantitative estimate of drug-likeness (QED) is 0.759. The third-order valence-electron chi connectivity index (χ3n) is 6.41. The van der Waals surface area contributed by atoms with E-state index in [-0.39, 0.29) is 11.4 Å². The predicted molar refractivity (Wildman–Crippen MR) is 102 cm³/mol. The average molecular weight is 377 g/mol. The zero-order chi connectivity index (χ0) is 18.5. The molecule has 0 aromatic carbocycles. The second-order valence-corrected chi connectivity index (χ2v) is 8.25. The zero-order valence-electron chi connectivity index (χ0n) is 16.2. The van der Waals surface area contributed by atoms with Crippen LogP contribution in [0.25, 0.3) is 0 Å². The molecule has 2 N–H and O–H groups in total. The van der Waals surface area contributed by atoms with Gasteiger partial charge in [-0.3, -0.25) is 14.4 Å². The Morgan fingerprint density at radius 3 is 2.85 bits per heavy atom. The number of carbonyl (C=O) groups excluding carboxylic acids is 1. The van der Waals surface area contributed by atoms with Crippen molar-refractivity contribution in [1.29, 1.82) is 0 Å². The first kappa shape index (κ1) is 18.8. The third-order valence-corrected chi connectivity index (χ3v) is 6.41. The van der Waals surface area contributed by atoms with Crippen molar-refractivity contribution in [3.8, 4) is 0 Å². The first-order valence-electron chi connectivity index (χ1n) is 10.5. The van der Waals surface area contributed by atoms with E-state index in [0.717, 1.165) is 58.8 Å². The molecular formula is C19H32N6O2. The van der Waals surface area contributed by atoms with Crippen LogP contribution in [0.5, 0.6) is 0 Å². The van der Waals surface area contributed by atoms with E-state index in [0.29, 0.717) is 18.2 Å². The van der Waals surface area contributed by atoms with Gasteiger partial charge in [-0.15, -0.1) is 5.10 Å². The number of nitrogens with zero attached hydrogens (tertiary/aromatic N) is 4. The summed E-state index contributed by atoms with van der Waals surface area (Å²) in [5.41, 5.74) is 0.511. The molecule has 3 heterocycles. The van der Waals surface area contributed by atoms with Gasteiger partial charge < -0.3 is 15.4 Å². The molecule has 1 unspecified atom stereocenters. The average Bonchev–Trinajstić information content (AvgIpc) is 3.38. The molecule has 1 aromatic rings. The van der Waals surface area contributed by atoms with E-state index in [9.17, 15) is 4.79 Å². The van der Waals surface area contributed by atoms with Gasteiger partial charge in [-0.1, -0.05) is 18.1 Å². The number of rotatable bonds is 6. The molecule has 8 nitrogen and oxygen atoms in total. The molecule has 4 rings (SSSR count). The summed E-state index contributed by atoms with van der Waals surface area (Å²) in [5.74, 6) is 0.460. The summed E-state index contributed by atoms with van der Waals surface area (Å²) in [4.78, 5) is 15.2. The molecule has 1 aromatic heterocycles. The number of nitrogens with one attached hydrogen (secondary N) is 2. The normalized spacial score (nSPS) is 26.1. The summed E-state index contributed by atoms with van der Waals surface area (Å²) in [6, 6.07) is 0. The number of piperidine rings is 1. The van der Waals surface area contributed by atoms with Crippen LogP contribution >= 0.6 is 0 Å². The molecule has 1 atom stereocenters. The highest BCUT2D eigenvalue weighted by atomic mass is 16.5. The fourth-order valence-electron chi connectivity index (χ4n) is 4.85. The van der Waals surface area contributed by atoms with Gasteiger partial charge in [0.05, 0.1) is 19.4 Å². The molecule has 1 saturated carbocycles. The molecule has 0 spiro atoms. The van der Waals surface area contributed by atoms with E-state index in [2.05, 4.69) is 25.8 Å². The maximum Gasteiger partial charge on any atom is 0.273 e. The second kappa shape index (κ2) is 8.67. The minimum atomic E-state index is -0.109. The molecule has 150 valence electrons. The Morgan fingerprint density at radius 2 is 2.11 bits per heavy atom. The monoisotopic (exact) mass is 376 g/mol. The minimum absolute atomic E-state index is 0.0865. The van der Waals surface area contributed by atoms with Gasteiger partial charge in [0.1, 0.15) is 0 Å². The fourth-order valence-corrected chi connectivity index (χ4v) is 4.85. The molecule has 2 aliphatic heterocycles. The van der Waals surface area contributed by atoms with Gasteiger partial charge in [-0.05, 0) is 44.7 Å². The van der Waals surface area contributed by atoms with Crippen molar-refractivity contribution < 1.29 is 9.53 Å². The Kier molecular flexibility index (Phi) is 6.04. The SMILES string of the molecule is O=C(NCC1(N2CCOCC2)CCCC1)c1cn(CC2CCCNC2)nn1. The van der Waals surface area contributed by atoms with Crippen molar-refractivity contribution in [1.82, 2.24) is 30.5 Å². The first-order chi connectivity index (χ1) is 13.3. The largest absolute Gasteiger partial charge is 0.379 e. The smallest absolute Gasteiger partial charge is 0.273 e. The molecule has 3 aliphatic rings. The van der Waals surface area contributed by atoms with Crippen molar-refractivity contribution in [3.05, 3.63) is 11.9 Å². The van der Waals surface area contributed by atoms with Crippen molar-refractivity contribution in [2.45, 2.75) is 50.6 Å². The van der Waals surface area contributed by atoms with E-state index in [1.165, 1.54) is 25.7 Å². The number of morpholine rings is 1. The maximum absolute atomic E-state index is 12.6. The Hall–Kier alpha value is -1.51. The molecule has 27 heavy (non-hydrogen) atoms. The summed E-state index contributed by atoms with van der Waals surface area (Å²) in [5, 5.41) is 14.8. The van der Waals surface area contributed by atoms with E-state index < -0.39 is 0 Å². The highest BCUT2D eigenvalue weighted by molar-refractivity contribution is 5.91. The van der Waals surface area contributed by atoms with Gasteiger partial charge in [0, 0.05) is 31.7 Å². The second-order valence-electron chi connectivity index (χ2n) is 8.25. The van der Waals surface area contributed by atoms with Gasteiger partial charge in [-0.2, -0.15) is 0 Å². The lowest BCUT2D eigenvalue weighted by Gasteiger charge is -2.43. The van der Waals surface area contributed by atoms with Crippen LogP contribution in [0.15, 0.2) is 6.20 Å². The number of hydrogen-bond donors (Lipinski definition) is 2. The molecule has 1 amide bonds. The first-order valence-corrected chi connectivity index (χ1v) is 10.5. The third kappa shape index (κ3) is 4.50. The molecule has 3 fully saturated rings. The van der Waals surface area contributed by atoms with Crippen LogP contribution in [0.1, 0.15) is 49.0 Å². The van der Waals surface area contributed by atoms with Gasteiger partial charge in [0.2, 0.25) is 0 Å². The summed E-state index contributed by atoms with van der Waals surface area (Å²) < 4.78 is 7.33. The maximum atomic E-state index is 12.6. The van der Waals surface area contributed by atoms with Gasteiger partial charge in [-0.25, -0.2) is 0 Å². The number of carbonyl (C=O) groups is 1. The van der Waals surface area contributed by atoms with Crippen molar-refractivity contribution in [3.63, 3.8) is 0 Å². The van der Waals surface area contributed by atoms with Gasteiger partial charge >= 0.3 is 0 Å². The molecule has 2 saturated heterocycles. The van der Waals surface area contributed by atoms with E-state index in [1.807, 2.05) is 4.68 Å². The van der Waals surface area contributed by atoms with Crippen LogP contribution in [-0.2, 0) is 11.3 Å². The Labute approximate surface area is 161 Å². The topological polar surface area (TPSA) is 84.3 Å². The summed E-state index contributed by atoms with van der Waals surface area (Å²) in [7, 11) is 0. The molecule has 0 radical (unpaired) electrons. The minimum Gasteiger partial charge on any atom is -0.379 e. The summed E-state index contributed by atoms with van der Waals surface area (Å²) in [6.45, 7) is 7.13. The fraction of sp³-hybridized carbons (Fsp3) is 0.842. The standard InChI is InChI=1S/C19H32N6O2/c26-18(17-14-25(23-22-17)13-16-4-3-7-20-12-16)21-15-19(5-1-2-6-19)24-8-10-27-11-9-24/h14,16,20H,1-13,15H2,(H,21,26). The summed E-state index contributed by atoms with van der Waals surface area (Å²) >= 11 is 0. The highest BCUT2D eigenvalue weighted by Gasteiger charge is 2.40. The zero-order valence-corrected chi connectivity index (χ0v) is 16.2. The molecule has 1 aliphatic carbocycles. The lowest BCUT2D eigenvalue weighted by atomic mass is 9.94. The highest BCUT2D eigenvalue weighted by Crippen LogP contribution is 2.35. The molecular weight excluding hydrogens is 344 g/mol. The van der Waals surface area contributed by atoms with Crippen LogP contribution in [-0.4, -0.2) is 77.3 Å². The number of aromatic nitrogens is 3. The molecule has 8 heteroatoms. The van der Waals surface area contributed by atoms with E-state index in [4.69, 9.17) is 4.74 Å². The van der Waals surface area contributed by atoms with Gasteiger partial charge in [0.25, 0.3) is 5.91 Å². The van der Waals surface area contributed by atoms with Gasteiger partial charge in [0.15, 0.2) is 5.69 Å². The van der Waals surface area contributed by atoms with Crippen LogP contribution < -0.4 is 10.6 Å². The Balaban J connectivity index is 1.33. The van der Waals surface area contributed by atoms with Crippen LogP contribution in [0.2, 0.25) is 0 Å². The lowest BCUT2D eigenvalue weighted by molar-refractivity contribution is -0.0199. The number of hydrogen-bond acceptors (Lipinski definition) is 6. The van der Waals surface area contributed by atoms with Crippen molar-refractivity contribution in [2.75, 3.05) is 45.9 Å². The number of ether oxygens (including phenoxy) is 1. The predicted octanol–water partition coefficient (Wildman–Crippen LogP) is 0.653. The lowest BCUT2D eigenvalue weighted by Crippen LogP contribution is -2.57. The Bertz CT molecular complexity index is 615. The van der Waals surface area contributed by atoms with Crippen molar-refractivity contribution in [2.24, 2.45) is 5.92 Å². The van der Waals surface area contributed by atoms with E-state index >= 15 is 0 Å². The van der Waals surface area contributed by atoms with Crippen LogP contribution in [0.3, 0.4) is 0 Å². The van der Waals surface area contributed by atoms with E-state index in [1.54, 1.807) is 6.20 Å². The summed E-state index contributed by atoms with van der Waals surface area (Å²) in [6.07, 6.45) is 8.97. The van der Waals surface area contributed by atoms with Crippen LogP contribution in [0, 0.1) is 5.92 Å². The molecule has 0 bridgehead atoms. The van der Waals surface area contributed by atoms with Crippen LogP contribution in [0.4, 0.5) is 0 Å². The van der Waals surface area contributed by atoms with Crippen molar-refractivity contribution >= 4 is 5.91 Å².